The number of hydrogen-bond acceptors (Lipinski definition) is 4. The van der Waals surface area contributed by atoms with Crippen molar-refractivity contribution in [3.63, 3.8) is 0 Å². The molecule has 5 N–H and O–H groups in total. The monoisotopic (exact) mass is 237 g/mol. The summed E-state index contributed by atoms with van der Waals surface area (Å²) in [6, 6.07) is -0.577. The highest BCUT2D eigenvalue weighted by molar-refractivity contribution is 5.85. The number of nitrogens with two attached hydrogens (primary N) is 2. The van der Waals surface area contributed by atoms with E-state index in [1.165, 1.54) is 0 Å². The molecule has 0 aliphatic carbocycles. The van der Waals surface area contributed by atoms with Gasteiger partial charge >= 0.3 is 5.97 Å². The molecule has 0 amide bonds. The zero-order chi connectivity index (χ0) is 11.1. The van der Waals surface area contributed by atoms with Gasteiger partial charge in [0.2, 0.25) is 0 Å². The number of hydrogen-bond donors (Lipinski definition) is 3. The maximum absolute atomic E-state index is 10.9. The molecular weight excluding hydrogens is 218 g/mol. The molecule has 0 aliphatic rings. The Balaban J connectivity index is 0. The molecule has 0 rings (SSSR count). The van der Waals surface area contributed by atoms with Gasteiger partial charge in [-0.3, -0.25) is 9.69 Å². The lowest BCUT2D eigenvalue weighted by Crippen LogP contribution is -2.49. The number of halogens is 1. The summed E-state index contributed by atoms with van der Waals surface area (Å²) >= 11 is 0. The van der Waals surface area contributed by atoms with E-state index in [4.69, 9.17) is 16.6 Å². The molecular formula is C9H20ClN3O2. The Morgan fingerprint density at radius 2 is 2.13 bits per heavy atom. The van der Waals surface area contributed by atoms with Crippen molar-refractivity contribution < 1.29 is 9.90 Å². The summed E-state index contributed by atoms with van der Waals surface area (Å²) in [4.78, 5) is 12.6. The minimum Gasteiger partial charge on any atom is -0.480 e. The summed E-state index contributed by atoms with van der Waals surface area (Å²) < 4.78 is 0. The third kappa shape index (κ3) is 6.46. The summed E-state index contributed by atoms with van der Waals surface area (Å²) in [7, 11) is 0. The number of carboxylic acid groups (broad SMARTS) is 1. The lowest BCUT2D eigenvalue weighted by molar-refractivity contribution is -0.143. The molecule has 5 nitrogen and oxygen atoms in total. The molecule has 0 heterocycles. The number of likely N-dealkylation sites (N-methyl/N-ethyl adjacent to an activating group) is 1. The lowest BCUT2D eigenvalue weighted by atomic mass is 10.1. The van der Waals surface area contributed by atoms with Crippen molar-refractivity contribution in [2.24, 2.45) is 11.5 Å². The Bertz CT molecular complexity index is 200. The van der Waals surface area contributed by atoms with Crippen LogP contribution in [-0.4, -0.2) is 41.3 Å². The summed E-state index contributed by atoms with van der Waals surface area (Å²) in [6.45, 7) is 6.39. The van der Waals surface area contributed by atoms with Crippen LogP contribution in [0.3, 0.4) is 0 Å². The van der Waals surface area contributed by atoms with E-state index < -0.39 is 18.2 Å². The fourth-order valence-corrected chi connectivity index (χ4v) is 1.31. The summed E-state index contributed by atoms with van der Waals surface area (Å²) in [6.07, 6.45) is 1.47. The van der Waals surface area contributed by atoms with Crippen LogP contribution in [0.5, 0.6) is 0 Å². The minimum atomic E-state index is -0.868. The molecule has 0 saturated heterocycles. The Morgan fingerprint density at radius 1 is 1.60 bits per heavy atom. The molecule has 0 fully saturated rings. The van der Waals surface area contributed by atoms with Crippen molar-refractivity contribution in [3.8, 4) is 0 Å². The Kier molecular flexibility index (Phi) is 9.71. The minimum absolute atomic E-state index is 0. The van der Waals surface area contributed by atoms with E-state index in [0.29, 0.717) is 19.5 Å². The average Bonchev–Trinajstić information content (AvgIpc) is 2.10. The molecule has 15 heavy (non-hydrogen) atoms. The molecule has 90 valence electrons. The van der Waals surface area contributed by atoms with Crippen molar-refractivity contribution >= 4 is 18.4 Å². The van der Waals surface area contributed by atoms with Crippen molar-refractivity contribution in [1.29, 1.82) is 0 Å². The van der Waals surface area contributed by atoms with Crippen molar-refractivity contribution in [2.75, 3.05) is 13.1 Å². The van der Waals surface area contributed by atoms with Crippen LogP contribution in [0.2, 0.25) is 0 Å². The molecule has 0 aliphatic heterocycles. The zero-order valence-electron chi connectivity index (χ0n) is 8.93. The van der Waals surface area contributed by atoms with Crippen LogP contribution in [0.4, 0.5) is 0 Å². The number of rotatable bonds is 7. The van der Waals surface area contributed by atoms with E-state index in [9.17, 15) is 4.79 Å². The second kappa shape index (κ2) is 8.67. The first-order chi connectivity index (χ1) is 6.52. The van der Waals surface area contributed by atoms with Crippen LogP contribution < -0.4 is 11.5 Å². The molecule has 0 spiro atoms. The molecule has 1 atom stereocenters. The molecule has 0 aromatic heterocycles. The molecule has 0 aromatic carbocycles. The van der Waals surface area contributed by atoms with Crippen LogP contribution in [0.15, 0.2) is 12.7 Å². The maximum Gasteiger partial charge on any atom is 0.321 e. The van der Waals surface area contributed by atoms with Crippen LogP contribution in [0.1, 0.15) is 13.3 Å². The highest BCUT2D eigenvalue weighted by Gasteiger charge is 2.23. The molecule has 0 saturated carbocycles. The Morgan fingerprint density at radius 3 is 2.40 bits per heavy atom. The topological polar surface area (TPSA) is 92.6 Å². The van der Waals surface area contributed by atoms with E-state index in [1.807, 2.05) is 6.92 Å². The second-order valence-electron chi connectivity index (χ2n) is 3.13. The zero-order valence-corrected chi connectivity index (χ0v) is 9.74. The summed E-state index contributed by atoms with van der Waals surface area (Å²) in [5, 5.41) is 8.95. The molecule has 6 heteroatoms. The van der Waals surface area contributed by atoms with Crippen LogP contribution in [0.25, 0.3) is 0 Å². The highest BCUT2D eigenvalue weighted by atomic mass is 35.5. The number of carbonyl (C=O) groups is 1. The first-order valence-corrected chi connectivity index (χ1v) is 4.61. The van der Waals surface area contributed by atoms with E-state index in [2.05, 4.69) is 6.58 Å². The summed E-state index contributed by atoms with van der Waals surface area (Å²) in [5.74, 6) is -0.868. The first kappa shape index (κ1) is 16.8. The van der Waals surface area contributed by atoms with Crippen molar-refractivity contribution in [1.82, 2.24) is 4.90 Å². The van der Waals surface area contributed by atoms with E-state index in [-0.39, 0.29) is 12.4 Å². The van der Waals surface area contributed by atoms with Gasteiger partial charge in [-0.05, 0) is 13.0 Å². The second-order valence-corrected chi connectivity index (χ2v) is 3.13. The fourth-order valence-electron chi connectivity index (χ4n) is 1.31. The summed E-state index contributed by atoms with van der Waals surface area (Å²) in [5.41, 5.74) is 10.8. The predicted octanol–water partition coefficient (Wildman–Crippen LogP) is 0.00290. The number of carboxylic acids is 1. The standard InChI is InChI=1S/C9H19N3O2.ClH/c1-3-5-7(9(13)14)12(4-2)6-8(10)11;/h3,7-8H,1,4-6,10-11H2,2H3,(H,13,14);1H. The van der Waals surface area contributed by atoms with Crippen LogP contribution in [0, 0.1) is 0 Å². The van der Waals surface area contributed by atoms with E-state index >= 15 is 0 Å². The van der Waals surface area contributed by atoms with Gasteiger partial charge < -0.3 is 16.6 Å². The van der Waals surface area contributed by atoms with Gasteiger partial charge in [0.15, 0.2) is 0 Å². The van der Waals surface area contributed by atoms with Gasteiger partial charge in [-0.15, -0.1) is 19.0 Å². The lowest BCUT2D eigenvalue weighted by Gasteiger charge is -2.27. The van der Waals surface area contributed by atoms with E-state index in [1.54, 1.807) is 11.0 Å². The first-order valence-electron chi connectivity index (χ1n) is 4.61. The molecule has 0 radical (unpaired) electrons. The van der Waals surface area contributed by atoms with Gasteiger partial charge in [-0.2, -0.15) is 0 Å². The van der Waals surface area contributed by atoms with Crippen LogP contribution >= 0.6 is 12.4 Å². The Labute approximate surface area is 96.5 Å². The van der Waals surface area contributed by atoms with Crippen molar-refractivity contribution in [2.45, 2.75) is 25.6 Å². The Hall–Kier alpha value is -0.620. The number of nitrogens with zero attached hydrogens (tertiary/aromatic N) is 1. The molecule has 1 unspecified atom stereocenters. The SMILES string of the molecule is C=CCC(C(=O)O)N(CC)CC(N)N.Cl. The fraction of sp³-hybridized carbons (Fsp3) is 0.667. The maximum atomic E-state index is 10.9. The third-order valence-corrected chi connectivity index (χ3v) is 1.97. The normalized spacial score (nSPS) is 12.3. The molecule has 0 aromatic rings. The third-order valence-electron chi connectivity index (χ3n) is 1.97. The van der Waals surface area contributed by atoms with Gasteiger partial charge in [0.1, 0.15) is 6.04 Å². The predicted molar refractivity (Wildman–Crippen MR) is 62.9 cm³/mol. The van der Waals surface area contributed by atoms with Gasteiger partial charge in [0.05, 0.1) is 6.17 Å². The van der Waals surface area contributed by atoms with Gasteiger partial charge in [0.25, 0.3) is 0 Å². The van der Waals surface area contributed by atoms with Crippen LogP contribution in [-0.2, 0) is 4.79 Å². The van der Waals surface area contributed by atoms with Gasteiger partial charge in [-0.25, -0.2) is 0 Å². The average molecular weight is 238 g/mol. The van der Waals surface area contributed by atoms with Gasteiger partial charge in [0, 0.05) is 6.54 Å². The smallest absolute Gasteiger partial charge is 0.321 e. The molecule has 0 bridgehead atoms. The quantitative estimate of drug-likeness (QED) is 0.428. The van der Waals surface area contributed by atoms with Crippen molar-refractivity contribution in [3.05, 3.63) is 12.7 Å². The largest absolute Gasteiger partial charge is 0.480 e. The van der Waals surface area contributed by atoms with Gasteiger partial charge in [-0.1, -0.05) is 13.0 Å². The number of aliphatic carboxylic acids is 1. The van der Waals surface area contributed by atoms with E-state index in [0.717, 1.165) is 0 Å². The highest BCUT2D eigenvalue weighted by Crippen LogP contribution is 2.05.